The van der Waals surface area contributed by atoms with E-state index in [0.29, 0.717) is 12.1 Å². The van der Waals surface area contributed by atoms with E-state index in [0.717, 1.165) is 27.7 Å². The lowest BCUT2D eigenvalue weighted by atomic mass is 10.2. The number of hydrogen-bond donors (Lipinski definition) is 2. The highest BCUT2D eigenvalue weighted by atomic mass is 32.2. The minimum absolute atomic E-state index is 0.240. The third kappa shape index (κ3) is 5.01. The summed E-state index contributed by atoms with van der Waals surface area (Å²) in [5, 5.41) is 2.86. The Balaban J connectivity index is 1.59. The van der Waals surface area contributed by atoms with E-state index in [1.54, 1.807) is 23.9 Å². The number of amides is 1. The molecular formula is C21H21N3O2S. The van der Waals surface area contributed by atoms with Gasteiger partial charge in [-0.25, -0.2) is 4.98 Å². The first-order valence-corrected chi connectivity index (χ1v) is 9.70. The second-order valence-corrected chi connectivity index (χ2v) is 6.87. The predicted molar refractivity (Wildman–Crippen MR) is 109 cm³/mol. The molecule has 3 aromatic rings. The molecule has 1 heterocycles. The number of nitrogens with two attached hydrogens (primary N) is 1. The number of pyridine rings is 1. The molecule has 0 fully saturated rings. The van der Waals surface area contributed by atoms with Crippen molar-refractivity contribution in [2.75, 3.05) is 12.0 Å². The van der Waals surface area contributed by atoms with Crippen LogP contribution in [0.3, 0.4) is 0 Å². The lowest BCUT2D eigenvalue weighted by Gasteiger charge is -2.09. The van der Waals surface area contributed by atoms with Gasteiger partial charge in [0, 0.05) is 17.1 Å². The first-order valence-electron chi connectivity index (χ1n) is 8.47. The van der Waals surface area contributed by atoms with Crippen molar-refractivity contribution in [1.29, 1.82) is 0 Å². The molecule has 0 saturated heterocycles. The largest absolute Gasteiger partial charge is 0.457 e. The first kappa shape index (κ1) is 18.8. The Hall–Kier alpha value is -2.99. The summed E-state index contributed by atoms with van der Waals surface area (Å²) < 4.78 is 5.87. The summed E-state index contributed by atoms with van der Waals surface area (Å²) in [4.78, 5) is 17.5. The normalized spacial score (nSPS) is 10.4. The van der Waals surface area contributed by atoms with Gasteiger partial charge in [-0.2, -0.15) is 0 Å². The number of aromatic nitrogens is 1. The van der Waals surface area contributed by atoms with E-state index in [2.05, 4.69) is 10.3 Å². The van der Waals surface area contributed by atoms with Gasteiger partial charge in [-0.3, -0.25) is 4.79 Å². The zero-order valence-corrected chi connectivity index (χ0v) is 16.0. The number of rotatable bonds is 6. The molecule has 0 spiro atoms. The smallest absolute Gasteiger partial charge is 0.255 e. The predicted octanol–water partition coefficient (Wildman–Crippen LogP) is 4.42. The van der Waals surface area contributed by atoms with Crippen molar-refractivity contribution >= 4 is 23.5 Å². The van der Waals surface area contributed by atoms with E-state index in [-0.39, 0.29) is 11.7 Å². The molecule has 0 aliphatic heterocycles. The number of anilines is 1. The average molecular weight is 379 g/mol. The van der Waals surface area contributed by atoms with Crippen molar-refractivity contribution in [3.8, 4) is 11.5 Å². The van der Waals surface area contributed by atoms with Gasteiger partial charge < -0.3 is 15.8 Å². The summed E-state index contributed by atoms with van der Waals surface area (Å²) in [6.07, 6.45) is 2.03. The third-order valence-electron chi connectivity index (χ3n) is 3.96. The van der Waals surface area contributed by atoms with E-state index in [9.17, 15) is 4.79 Å². The summed E-state index contributed by atoms with van der Waals surface area (Å²) in [6.45, 7) is 2.23. The lowest BCUT2D eigenvalue weighted by Crippen LogP contribution is -2.24. The second kappa shape index (κ2) is 8.60. The van der Waals surface area contributed by atoms with Gasteiger partial charge in [-0.05, 0) is 61.2 Å². The van der Waals surface area contributed by atoms with Gasteiger partial charge in [0.15, 0.2) is 0 Å². The fourth-order valence-corrected chi connectivity index (χ4v) is 2.97. The number of carbonyl (C=O) groups excluding carboxylic acids is 1. The van der Waals surface area contributed by atoms with Crippen LogP contribution in [0.1, 0.15) is 21.6 Å². The molecule has 0 bridgehead atoms. The van der Waals surface area contributed by atoms with Gasteiger partial charge in [0.2, 0.25) is 0 Å². The zero-order valence-electron chi connectivity index (χ0n) is 15.2. The number of ether oxygens (including phenoxy) is 1. The molecular weight excluding hydrogens is 358 g/mol. The SMILES string of the molecule is CSc1cccc(Oc2ccc(CNC(=O)c3ccc(C)nc3N)cc2)c1. The summed E-state index contributed by atoms with van der Waals surface area (Å²) in [5.41, 5.74) is 7.94. The number of nitrogen functional groups attached to an aromatic ring is 1. The highest BCUT2D eigenvalue weighted by molar-refractivity contribution is 7.98. The summed E-state index contributed by atoms with van der Waals surface area (Å²) in [7, 11) is 0. The van der Waals surface area contributed by atoms with Crippen molar-refractivity contribution in [2.24, 2.45) is 0 Å². The van der Waals surface area contributed by atoms with Crippen LogP contribution < -0.4 is 15.8 Å². The van der Waals surface area contributed by atoms with Gasteiger partial charge in [-0.1, -0.05) is 18.2 Å². The van der Waals surface area contributed by atoms with E-state index in [1.165, 1.54) is 0 Å². The van der Waals surface area contributed by atoms with Crippen molar-refractivity contribution in [1.82, 2.24) is 10.3 Å². The molecule has 1 amide bonds. The Bertz CT molecular complexity index is 942. The number of thioether (sulfide) groups is 1. The standard InChI is InChI=1S/C21H21N3O2S/c1-14-6-11-19(20(22)24-14)21(25)23-13-15-7-9-16(10-8-15)26-17-4-3-5-18(12-17)27-2/h3-12H,13H2,1-2H3,(H2,22,24)(H,23,25). The molecule has 3 N–H and O–H groups in total. The van der Waals surface area contributed by atoms with Crippen LogP contribution in [-0.4, -0.2) is 17.1 Å². The molecule has 0 saturated carbocycles. The number of nitrogens with zero attached hydrogens (tertiary/aromatic N) is 1. The van der Waals surface area contributed by atoms with Crippen molar-refractivity contribution in [3.63, 3.8) is 0 Å². The molecule has 5 nitrogen and oxygen atoms in total. The van der Waals surface area contributed by atoms with E-state index in [4.69, 9.17) is 10.5 Å². The zero-order chi connectivity index (χ0) is 19.2. The van der Waals surface area contributed by atoms with Gasteiger partial charge in [0.05, 0.1) is 5.56 Å². The van der Waals surface area contributed by atoms with E-state index in [1.807, 2.05) is 61.7 Å². The minimum atomic E-state index is -0.241. The van der Waals surface area contributed by atoms with Gasteiger partial charge >= 0.3 is 0 Å². The van der Waals surface area contributed by atoms with Crippen LogP contribution >= 0.6 is 11.8 Å². The van der Waals surface area contributed by atoms with Crippen LogP contribution in [0, 0.1) is 6.92 Å². The number of nitrogens with one attached hydrogen (secondary N) is 1. The maximum Gasteiger partial charge on any atom is 0.255 e. The molecule has 0 radical (unpaired) electrons. The minimum Gasteiger partial charge on any atom is -0.457 e. The molecule has 1 aromatic heterocycles. The Morgan fingerprint density at radius 3 is 2.59 bits per heavy atom. The monoisotopic (exact) mass is 379 g/mol. The molecule has 0 aliphatic carbocycles. The fraction of sp³-hybridized carbons (Fsp3) is 0.143. The van der Waals surface area contributed by atoms with Crippen LogP contribution in [0.2, 0.25) is 0 Å². The van der Waals surface area contributed by atoms with Gasteiger partial charge in [0.1, 0.15) is 17.3 Å². The fourth-order valence-electron chi connectivity index (χ4n) is 2.52. The van der Waals surface area contributed by atoms with Gasteiger partial charge in [0.25, 0.3) is 5.91 Å². The summed E-state index contributed by atoms with van der Waals surface area (Å²) in [6, 6.07) is 19.0. The topological polar surface area (TPSA) is 77.2 Å². The highest BCUT2D eigenvalue weighted by Crippen LogP contribution is 2.25. The Labute approximate surface area is 163 Å². The Morgan fingerprint density at radius 2 is 1.89 bits per heavy atom. The molecule has 27 heavy (non-hydrogen) atoms. The maximum absolute atomic E-state index is 12.3. The molecule has 0 aliphatic rings. The van der Waals surface area contributed by atoms with Crippen LogP contribution in [0.25, 0.3) is 0 Å². The van der Waals surface area contributed by atoms with Crippen LogP contribution in [0.15, 0.2) is 65.6 Å². The average Bonchev–Trinajstić information content (AvgIpc) is 2.67. The van der Waals surface area contributed by atoms with Crippen molar-refractivity contribution in [2.45, 2.75) is 18.4 Å². The van der Waals surface area contributed by atoms with Crippen LogP contribution in [-0.2, 0) is 6.54 Å². The maximum atomic E-state index is 12.3. The van der Waals surface area contributed by atoms with Crippen molar-refractivity contribution in [3.05, 3.63) is 77.5 Å². The Morgan fingerprint density at radius 1 is 1.11 bits per heavy atom. The van der Waals surface area contributed by atoms with Crippen LogP contribution in [0.5, 0.6) is 11.5 Å². The van der Waals surface area contributed by atoms with E-state index < -0.39 is 0 Å². The summed E-state index contributed by atoms with van der Waals surface area (Å²) in [5.74, 6) is 1.54. The molecule has 3 rings (SSSR count). The molecule has 2 aromatic carbocycles. The Kier molecular flexibility index (Phi) is 5.98. The molecule has 138 valence electrons. The summed E-state index contributed by atoms with van der Waals surface area (Å²) >= 11 is 1.67. The number of benzene rings is 2. The van der Waals surface area contributed by atoms with Gasteiger partial charge in [-0.15, -0.1) is 11.8 Å². The molecule has 0 atom stereocenters. The highest BCUT2D eigenvalue weighted by Gasteiger charge is 2.10. The third-order valence-corrected chi connectivity index (χ3v) is 4.69. The number of carbonyl (C=O) groups is 1. The lowest BCUT2D eigenvalue weighted by molar-refractivity contribution is 0.0951. The first-order chi connectivity index (χ1) is 13.0. The number of hydrogen-bond acceptors (Lipinski definition) is 5. The van der Waals surface area contributed by atoms with Crippen LogP contribution in [0.4, 0.5) is 5.82 Å². The second-order valence-electron chi connectivity index (χ2n) is 5.99. The van der Waals surface area contributed by atoms with E-state index >= 15 is 0 Å². The van der Waals surface area contributed by atoms with Crippen molar-refractivity contribution < 1.29 is 9.53 Å². The molecule has 6 heteroatoms. The molecule has 0 unspecified atom stereocenters. The number of aryl methyl sites for hydroxylation is 1. The quantitative estimate of drug-likeness (QED) is 0.620.